The van der Waals surface area contributed by atoms with Gasteiger partial charge in [0.15, 0.2) is 5.69 Å². The summed E-state index contributed by atoms with van der Waals surface area (Å²) < 4.78 is 18.2. The van der Waals surface area contributed by atoms with E-state index in [2.05, 4.69) is 22.5 Å². The minimum Gasteiger partial charge on any atom is -0.464 e. The minimum atomic E-state index is -0.533. The van der Waals surface area contributed by atoms with Gasteiger partial charge in [-0.2, -0.15) is 0 Å². The van der Waals surface area contributed by atoms with E-state index in [0.717, 1.165) is 24.9 Å². The smallest absolute Gasteiger partial charge is 0.356 e. The van der Waals surface area contributed by atoms with Gasteiger partial charge in [0, 0.05) is 32.1 Å². The second-order valence-corrected chi connectivity index (χ2v) is 8.95. The highest BCUT2D eigenvalue weighted by molar-refractivity contribution is 6.10. The van der Waals surface area contributed by atoms with Crippen LogP contribution in [0.3, 0.4) is 0 Å². The summed E-state index contributed by atoms with van der Waals surface area (Å²) in [4.78, 5) is 29.4. The predicted octanol–water partition coefficient (Wildman–Crippen LogP) is 3.58. The van der Waals surface area contributed by atoms with Gasteiger partial charge in [0.1, 0.15) is 5.65 Å². The number of pyridine rings is 1. The number of amides is 1. The van der Waals surface area contributed by atoms with Crippen LogP contribution in [-0.2, 0) is 25.5 Å². The van der Waals surface area contributed by atoms with Crippen LogP contribution in [0.5, 0.6) is 0 Å². The Kier molecular flexibility index (Phi) is 7.40. The minimum absolute atomic E-state index is 0.0184. The molecule has 32 heavy (non-hydrogen) atoms. The van der Waals surface area contributed by atoms with Gasteiger partial charge in [0.05, 0.1) is 42.9 Å². The largest absolute Gasteiger partial charge is 0.464 e. The van der Waals surface area contributed by atoms with E-state index >= 15 is 0 Å². The Balaban J connectivity index is 2.05. The summed E-state index contributed by atoms with van der Waals surface area (Å²) in [6.07, 6.45) is 4.39. The molecule has 2 N–H and O–H groups in total. The molecule has 2 atom stereocenters. The number of carbonyl (C=O) groups excluding carboxylic acids is 2. The van der Waals surface area contributed by atoms with Crippen molar-refractivity contribution >= 4 is 34.3 Å². The normalized spacial score (nSPS) is 17.4. The average molecular weight is 447 g/mol. The molecule has 0 aromatic carbocycles. The maximum atomic E-state index is 12.7. The monoisotopic (exact) mass is 446 g/mol. The van der Waals surface area contributed by atoms with Gasteiger partial charge in [-0.25, -0.2) is 9.78 Å². The Morgan fingerprint density at radius 1 is 1.38 bits per heavy atom. The number of nitrogens with one attached hydrogen (secondary N) is 2. The lowest BCUT2D eigenvalue weighted by Crippen LogP contribution is -2.31. The lowest BCUT2D eigenvalue weighted by Gasteiger charge is -2.27. The molecule has 1 aliphatic rings. The van der Waals surface area contributed by atoms with Crippen LogP contribution in [0.2, 0.25) is 0 Å². The molecule has 1 fully saturated rings. The highest BCUT2D eigenvalue weighted by Crippen LogP contribution is 2.34. The summed E-state index contributed by atoms with van der Waals surface area (Å²) in [6, 6.07) is 2.02. The Labute approximate surface area is 188 Å². The van der Waals surface area contributed by atoms with Crippen molar-refractivity contribution in [2.24, 2.45) is 0 Å². The van der Waals surface area contributed by atoms with Crippen molar-refractivity contribution in [3.63, 3.8) is 0 Å². The summed E-state index contributed by atoms with van der Waals surface area (Å²) in [5.74, 6) is -0.811. The lowest BCUT2D eigenvalue weighted by atomic mass is 10.00. The molecule has 1 aliphatic heterocycles. The van der Waals surface area contributed by atoms with E-state index in [1.54, 1.807) is 17.9 Å². The number of hydrogen-bond acceptors (Lipinski definition) is 7. The first kappa shape index (κ1) is 24.0. The Morgan fingerprint density at radius 3 is 2.72 bits per heavy atom. The van der Waals surface area contributed by atoms with Crippen molar-refractivity contribution in [1.29, 1.82) is 0 Å². The number of aromatic nitrogens is 2. The van der Waals surface area contributed by atoms with Gasteiger partial charge in [0.2, 0.25) is 5.91 Å². The quantitative estimate of drug-likeness (QED) is 0.568. The third-order valence-electron chi connectivity index (χ3n) is 5.75. The first-order chi connectivity index (χ1) is 15.1. The summed E-state index contributed by atoms with van der Waals surface area (Å²) >= 11 is 0. The van der Waals surface area contributed by atoms with Crippen LogP contribution in [0.15, 0.2) is 12.3 Å². The number of methoxy groups -OCH3 is 2. The van der Waals surface area contributed by atoms with Gasteiger partial charge in [-0.3, -0.25) is 4.79 Å². The van der Waals surface area contributed by atoms with E-state index in [4.69, 9.17) is 14.2 Å². The van der Waals surface area contributed by atoms with Crippen molar-refractivity contribution in [2.75, 3.05) is 31.5 Å². The molecule has 0 aliphatic carbocycles. The molecule has 2 aromatic heterocycles. The summed E-state index contributed by atoms with van der Waals surface area (Å²) in [7, 11) is 3.03. The van der Waals surface area contributed by atoms with Crippen molar-refractivity contribution in [3.05, 3.63) is 18.0 Å². The Hall–Kier alpha value is -2.65. The lowest BCUT2D eigenvalue weighted by molar-refractivity contribution is -0.114. The number of anilines is 2. The van der Waals surface area contributed by atoms with Gasteiger partial charge in [0.25, 0.3) is 0 Å². The Morgan fingerprint density at radius 2 is 2.12 bits per heavy atom. The molecule has 0 saturated carbocycles. The molecule has 2 aromatic rings. The Bertz CT molecular complexity index is 978. The van der Waals surface area contributed by atoms with Crippen molar-refractivity contribution < 1.29 is 23.8 Å². The summed E-state index contributed by atoms with van der Waals surface area (Å²) in [6.45, 7) is 8.72. The number of ether oxygens (including phenoxy) is 3. The van der Waals surface area contributed by atoms with Crippen LogP contribution in [0, 0.1) is 0 Å². The van der Waals surface area contributed by atoms with Crippen LogP contribution in [0.4, 0.5) is 11.4 Å². The van der Waals surface area contributed by atoms with Gasteiger partial charge in [-0.05, 0) is 46.1 Å². The highest BCUT2D eigenvalue weighted by Gasteiger charge is 2.28. The van der Waals surface area contributed by atoms with Crippen LogP contribution in [-0.4, -0.2) is 60.0 Å². The van der Waals surface area contributed by atoms with Crippen molar-refractivity contribution in [3.8, 4) is 0 Å². The highest BCUT2D eigenvalue weighted by atomic mass is 16.5. The molecule has 1 amide bonds. The van der Waals surface area contributed by atoms with Crippen molar-refractivity contribution in [1.82, 2.24) is 9.55 Å². The molecule has 0 unspecified atom stereocenters. The molecule has 1 saturated heterocycles. The van der Waals surface area contributed by atoms with Crippen LogP contribution in [0.1, 0.15) is 57.4 Å². The maximum absolute atomic E-state index is 12.7. The zero-order chi connectivity index (χ0) is 23.5. The maximum Gasteiger partial charge on any atom is 0.356 e. The standard InChI is InChI=1S/C23H34N4O5/c1-14(11-23(3,4)31-6)25-16-10-18-19(26-15(2)28)20(22(29)30-5)27(21(18)24-12-16)13-17-8-7-9-32-17/h10,12,14,17,25H,7-9,11,13H2,1-6H3,(H,26,28)/t14-,17+/m0/s1. The fourth-order valence-corrected chi connectivity index (χ4v) is 4.24. The van der Waals surface area contributed by atoms with Gasteiger partial charge in [-0.1, -0.05) is 0 Å². The van der Waals surface area contributed by atoms with Crippen LogP contribution >= 0.6 is 0 Å². The molecule has 9 heteroatoms. The molecular weight excluding hydrogens is 412 g/mol. The zero-order valence-electron chi connectivity index (χ0n) is 19.8. The number of esters is 1. The number of carbonyl (C=O) groups is 2. The van der Waals surface area contributed by atoms with Gasteiger partial charge < -0.3 is 29.4 Å². The van der Waals surface area contributed by atoms with Gasteiger partial charge in [-0.15, -0.1) is 0 Å². The van der Waals surface area contributed by atoms with Gasteiger partial charge >= 0.3 is 5.97 Å². The number of fused-ring (bicyclic) bond motifs is 1. The molecule has 176 valence electrons. The fourth-order valence-electron chi connectivity index (χ4n) is 4.24. The van der Waals surface area contributed by atoms with E-state index in [-0.39, 0.29) is 29.3 Å². The second-order valence-electron chi connectivity index (χ2n) is 8.95. The summed E-state index contributed by atoms with van der Waals surface area (Å²) in [5.41, 5.74) is 1.78. The first-order valence-electron chi connectivity index (χ1n) is 11.0. The number of nitrogens with zero attached hydrogens (tertiary/aromatic N) is 2. The zero-order valence-corrected chi connectivity index (χ0v) is 19.8. The van der Waals surface area contributed by atoms with E-state index in [1.807, 2.05) is 19.9 Å². The van der Waals surface area contributed by atoms with E-state index in [9.17, 15) is 9.59 Å². The predicted molar refractivity (Wildman–Crippen MR) is 123 cm³/mol. The third kappa shape index (κ3) is 5.39. The molecule has 0 spiro atoms. The number of hydrogen-bond donors (Lipinski definition) is 2. The molecule has 3 heterocycles. The molecule has 9 nitrogen and oxygen atoms in total. The van der Waals surface area contributed by atoms with E-state index in [0.29, 0.717) is 29.9 Å². The average Bonchev–Trinajstić information content (AvgIpc) is 3.34. The van der Waals surface area contributed by atoms with Crippen LogP contribution in [0.25, 0.3) is 11.0 Å². The molecule has 0 radical (unpaired) electrons. The third-order valence-corrected chi connectivity index (χ3v) is 5.75. The second kappa shape index (κ2) is 9.87. The van der Waals surface area contributed by atoms with E-state index < -0.39 is 5.97 Å². The molecule has 3 rings (SSSR count). The van der Waals surface area contributed by atoms with Crippen molar-refractivity contribution in [2.45, 2.75) is 71.2 Å². The fraction of sp³-hybridized carbons (Fsp3) is 0.609. The topological polar surface area (TPSA) is 104 Å². The molecule has 0 bridgehead atoms. The molecular formula is C23H34N4O5. The number of rotatable bonds is 9. The van der Waals surface area contributed by atoms with E-state index in [1.165, 1.54) is 14.0 Å². The first-order valence-corrected chi connectivity index (χ1v) is 11.0. The summed E-state index contributed by atoms with van der Waals surface area (Å²) in [5, 5.41) is 6.93. The SMILES string of the molecule is COC(=O)c1c(NC(C)=O)c2cc(N[C@@H](C)CC(C)(C)OC)cnc2n1C[C@H]1CCCO1. The van der Waals surface area contributed by atoms with Crippen LogP contribution < -0.4 is 10.6 Å².